The highest BCUT2D eigenvalue weighted by atomic mass is 16.1. The SMILES string of the molecule is O=c1c2cnc3nc(-c4cccnc4)nn3c2ccn1C1CCCCC1. The molecule has 4 aromatic heterocycles. The summed E-state index contributed by atoms with van der Waals surface area (Å²) in [6, 6.07) is 5.98. The fraction of sp³-hybridized carbons (Fsp3) is 0.316. The molecule has 0 atom stereocenters. The summed E-state index contributed by atoms with van der Waals surface area (Å²) in [4.78, 5) is 25.9. The van der Waals surface area contributed by atoms with Gasteiger partial charge in [0.05, 0.1) is 10.9 Å². The molecule has 7 heteroatoms. The summed E-state index contributed by atoms with van der Waals surface area (Å²) in [7, 11) is 0. The van der Waals surface area contributed by atoms with Crippen molar-refractivity contribution in [3.05, 3.63) is 53.3 Å². The number of hydrogen-bond donors (Lipinski definition) is 0. The molecule has 4 heterocycles. The molecule has 1 saturated carbocycles. The van der Waals surface area contributed by atoms with Crippen LogP contribution in [0.15, 0.2) is 47.8 Å². The lowest BCUT2D eigenvalue weighted by Crippen LogP contribution is -2.26. The van der Waals surface area contributed by atoms with E-state index in [1.54, 1.807) is 23.1 Å². The molecule has 0 saturated heterocycles. The number of nitrogens with zero attached hydrogens (tertiary/aromatic N) is 6. The van der Waals surface area contributed by atoms with Crippen LogP contribution in [-0.4, -0.2) is 29.1 Å². The van der Waals surface area contributed by atoms with Gasteiger partial charge in [0.25, 0.3) is 11.3 Å². The molecule has 0 amide bonds. The zero-order valence-corrected chi connectivity index (χ0v) is 14.2. The van der Waals surface area contributed by atoms with E-state index >= 15 is 0 Å². The van der Waals surface area contributed by atoms with Gasteiger partial charge in [-0.15, -0.1) is 5.10 Å². The van der Waals surface area contributed by atoms with Gasteiger partial charge in [0.15, 0.2) is 5.82 Å². The second-order valence-electron chi connectivity index (χ2n) is 6.77. The Labute approximate surface area is 149 Å². The van der Waals surface area contributed by atoms with Crippen molar-refractivity contribution in [3.63, 3.8) is 0 Å². The Morgan fingerprint density at radius 3 is 2.77 bits per heavy atom. The second-order valence-corrected chi connectivity index (χ2v) is 6.77. The van der Waals surface area contributed by atoms with Crippen LogP contribution in [0.2, 0.25) is 0 Å². The average Bonchev–Trinajstić information content (AvgIpc) is 3.14. The van der Waals surface area contributed by atoms with Gasteiger partial charge in [-0.3, -0.25) is 9.78 Å². The van der Waals surface area contributed by atoms with Crippen LogP contribution in [0, 0.1) is 0 Å². The first-order valence-electron chi connectivity index (χ1n) is 8.98. The number of aromatic nitrogens is 6. The van der Waals surface area contributed by atoms with Gasteiger partial charge >= 0.3 is 0 Å². The maximum absolute atomic E-state index is 13.0. The zero-order chi connectivity index (χ0) is 17.5. The molecule has 0 aliphatic heterocycles. The molecule has 0 unspecified atom stereocenters. The monoisotopic (exact) mass is 346 g/mol. The molecule has 0 bridgehead atoms. The van der Waals surface area contributed by atoms with Crippen LogP contribution in [0.4, 0.5) is 0 Å². The Balaban J connectivity index is 1.67. The highest BCUT2D eigenvalue weighted by Crippen LogP contribution is 2.27. The molecule has 0 aromatic carbocycles. The van der Waals surface area contributed by atoms with E-state index in [-0.39, 0.29) is 11.6 Å². The third-order valence-corrected chi connectivity index (χ3v) is 5.15. The largest absolute Gasteiger partial charge is 0.312 e. The topological polar surface area (TPSA) is 78.0 Å². The Hall–Kier alpha value is -3.09. The van der Waals surface area contributed by atoms with Crippen LogP contribution in [0.25, 0.3) is 28.1 Å². The molecule has 0 radical (unpaired) electrons. The van der Waals surface area contributed by atoms with Gasteiger partial charge in [-0.05, 0) is 31.0 Å². The summed E-state index contributed by atoms with van der Waals surface area (Å²) in [6.45, 7) is 0. The van der Waals surface area contributed by atoms with E-state index in [2.05, 4.69) is 20.1 Å². The minimum absolute atomic E-state index is 0.00206. The van der Waals surface area contributed by atoms with E-state index in [0.717, 1.165) is 23.9 Å². The summed E-state index contributed by atoms with van der Waals surface area (Å²) >= 11 is 0. The fourth-order valence-electron chi connectivity index (χ4n) is 3.80. The van der Waals surface area contributed by atoms with Crippen molar-refractivity contribution in [1.29, 1.82) is 0 Å². The average molecular weight is 346 g/mol. The van der Waals surface area contributed by atoms with Crippen LogP contribution in [-0.2, 0) is 0 Å². The van der Waals surface area contributed by atoms with Crippen LogP contribution >= 0.6 is 0 Å². The van der Waals surface area contributed by atoms with E-state index in [9.17, 15) is 4.79 Å². The predicted octanol–water partition coefficient (Wildman–Crippen LogP) is 3.01. The second kappa shape index (κ2) is 6.01. The third kappa shape index (κ3) is 2.39. The first-order valence-corrected chi connectivity index (χ1v) is 8.98. The molecule has 0 spiro atoms. The predicted molar refractivity (Wildman–Crippen MR) is 97.9 cm³/mol. The van der Waals surface area contributed by atoms with Crippen molar-refractivity contribution in [3.8, 4) is 11.4 Å². The quantitative estimate of drug-likeness (QED) is 0.557. The van der Waals surface area contributed by atoms with Crippen molar-refractivity contribution in [2.24, 2.45) is 0 Å². The zero-order valence-electron chi connectivity index (χ0n) is 14.2. The van der Waals surface area contributed by atoms with Crippen molar-refractivity contribution in [2.75, 3.05) is 0 Å². The van der Waals surface area contributed by atoms with Crippen molar-refractivity contribution in [1.82, 2.24) is 29.1 Å². The molecule has 0 N–H and O–H groups in total. The summed E-state index contributed by atoms with van der Waals surface area (Å²) in [5.74, 6) is 1.03. The Kier molecular flexibility index (Phi) is 3.51. The van der Waals surface area contributed by atoms with E-state index < -0.39 is 0 Å². The number of fused-ring (bicyclic) bond motifs is 3. The number of pyridine rings is 2. The van der Waals surface area contributed by atoms with Crippen LogP contribution < -0.4 is 5.56 Å². The van der Waals surface area contributed by atoms with Crippen LogP contribution in [0.3, 0.4) is 0 Å². The minimum Gasteiger partial charge on any atom is -0.312 e. The lowest BCUT2D eigenvalue weighted by molar-refractivity contribution is 0.347. The van der Waals surface area contributed by atoms with Gasteiger partial charge < -0.3 is 4.57 Å². The van der Waals surface area contributed by atoms with Gasteiger partial charge in [-0.2, -0.15) is 9.50 Å². The van der Waals surface area contributed by atoms with Gasteiger partial charge in [-0.1, -0.05) is 19.3 Å². The first kappa shape index (κ1) is 15.2. The van der Waals surface area contributed by atoms with Gasteiger partial charge in [0.2, 0.25) is 0 Å². The van der Waals surface area contributed by atoms with E-state index in [1.807, 2.05) is 29.0 Å². The van der Waals surface area contributed by atoms with E-state index in [1.165, 1.54) is 19.3 Å². The molecule has 5 rings (SSSR count). The van der Waals surface area contributed by atoms with Crippen molar-refractivity contribution >= 4 is 16.7 Å². The summed E-state index contributed by atoms with van der Waals surface area (Å²) in [6.07, 6.45) is 12.7. The van der Waals surface area contributed by atoms with Gasteiger partial charge in [0, 0.05) is 36.4 Å². The molecule has 130 valence electrons. The van der Waals surface area contributed by atoms with Crippen molar-refractivity contribution < 1.29 is 0 Å². The molecular weight excluding hydrogens is 328 g/mol. The first-order chi connectivity index (χ1) is 12.8. The Morgan fingerprint density at radius 1 is 1.08 bits per heavy atom. The lowest BCUT2D eigenvalue weighted by Gasteiger charge is -2.24. The molecule has 7 nitrogen and oxygen atoms in total. The standard InChI is InChI=1S/C19H18N6O/c26-18-15-12-21-19-22-17(13-5-4-9-20-11-13)23-25(19)16(15)8-10-24(18)14-6-2-1-3-7-14/h4-5,8-12,14H,1-3,6-7H2. The molecule has 1 fully saturated rings. The summed E-state index contributed by atoms with van der Waals surface area (Å²) in [5, 5.41) is 5.13. The lowest BCUT2D eigenvalue weighted by atomic mass is 9.95. The molecule has 26 heavy (non-hydrogen) atoms. The molecule has 1 aliphatic rings. The van der Waals surface area contributed by atoms with Gasteiger partial charge in [0.1, 0.15) is 0 Å². The summed E-state index contributed by atoms with van der Waals surface area (Å²) in [5.41, 5.74) is 1.55. The molecule has 1 aliphatic carbocycles. The highest BCUT2D eigenvalue weighted by molar-refractivity contribution is 5.79. The smallest absolute Gasteiger partial charge is 0.261 e. The van der Waals surface area contributed by atoms with E-state index in [0.29, 0.717) is 17.0 Å². The molecular formula is C19H18N6O. The Bertz CT molecular complexity index is 1140. The maximum Gasteiger partial charge on any atom is 0.261 e. The number of hydrogen-bond acceptors (Lipinski definition) is 5. The normalized spacial score (nSPS) is 15.7. The van der Waals surface area contributed by atoms with Crippen molar-refractivity contribution in [2.45, 2.75) is 38.1 Å². The third-order valence-electron chi connectivity index (χ3n) is 5.15. The molecule has 4 aromatic rings. The summed E-state index contributed by atoms with van der Waals surface area (Å²) < 4.78 is 3.51. The number of rotatable bonds is 2. The van der Waals surface area contributed by atoms with Gasteiger partial charge in [-0.25, -0.2) is 4.98 Å². The van der Waals surface area contributed by atoms with E-state index in [4.69, 9.17) is 0 Å². The Morgan fingerprint density at radius 2 is 1.96 bits per heavy atom. The maximum atomic E-state index is 13.0. The highest BCUT2D eigenvalue weighted by Gasteiger charge is 2.18. The van der Waals surface area contributed by atoms with Crippen LogP contribution in [0.1, 0.15) is 38.1 Å². The minimum atomic E-state index is 0.00206. The van der Waals surface area contributed by atoms with Crippen LogP contribution in [0.5, 0.6) is 0 Å². The fourth-order valence-corrected chi connectivity index (χ4v) is 3.80.